The van der Waals surface area contributed by atoms with Crippen LogP contribution in [0.4, 0.5) is 5.69 Å². The van der Waals surface area contributed by atoms with Gasteiger partial charge in [-0.3, -0.25) is 25.3 Å². The number of rotatable bonds is 6. The molecular formula is C20H26BrN5O2. The van der Waals surface area contributed by atoms with Crippen LogP contribution in [0.1, 0.15) is 23.8 Å². The fourth-order valence-corrected chi connectivity index (χ4v) is 3.77. The molecule has 2 aromatic rings. The van der Waals surface area contributed by atoms with E-state index < -0.39 is 0 Å². The maximum Gasteiger partial charge on any atom is 0.286 e. The van der Waals surface area contributed by atoms with Crippen LogP contribution in [0.15, 0.2) is 47.1 Å². The Labute approximate surface area is 173 Å². The second-order valence-corrected chi connectivity index (χ2v) is 7.66. The predicted octanol–water partition coefficient (Wildman–Crippen LogP) is 2.24. The summed E-state index contributed by atoms with van der Waals surface area (Å²) in [6.07, 6.45) is 2.19. The monoisotopic (exact) mass is 447 g/mol. The van der Waals surface area contributed by atoms with E-state index in [0.717, 1.165) is 30.7 Å². The van der Waals surface area contributed by atoms with Crippen LogP contribution >= 0.6 is 15.9 Å². The van der Waals surface area contributed by atoms with E-state index in [1.165, 1.54) is 5.69 Å². The number of carbonyl (C=O) groups excluding carboxylic acids is 2. The first kappa shape index (κ1) is 20.4. The molecule has 0 unspecified atom stereocenters. The highest BCUT2D eigenvalue weighted by atomic mass is 79.9. The lowest BCUT2D eigenvalue weighted by molar-refractivity contribution is -0.122. The van der Waals surface area contributed by atoms with Crippen molar-refractivity contribution in [2.75, 3.05) is 37.6 Å². The lowest BCUT2D eigenvalue weighted by Crippen LogP contribution is -2.48. The van der Waals surface area contributed by atoms with Gasteiger partial charge in [0.15, 0.2) is 0 Å². The number of hydrogen-bond acceptors (Lipinski definition) is 4. The molecular weight excluding hydrogens is 422 g/mol. The second-order valence-electron chi connectivity index (χ2n) is 6.75. The van der Waals surface area contributed by atoms with Gasteiger partial charge in [0, 0.05) is 62.0 Å². The van der Waals surface area contributed by atoms with E-state index in [2.05, 4.69) is 60.8 Å². The van der Waals surface area contributed by atoms with Crippen LogP contribution in [-0.2, 0) is 11.3 Å². The zero-order chi connectivity index (χ0) is 19.9. The zero-order valence-electron chi connectivity index (χ0n) is 16.0. The quantitative estimate of drug-likeness (QED) is 0.666. The van der Waals surface area contributed by atoms with Crippen molar-refractivity contribution in [1.29, 1.82) is 0 Å². The molecule has 150 valence electrons. The smallest absolute Gasteiger partial charge is 0.286 e. The minimum absolute atomic E-state index is 0.187. The Balaban J connectivity index is 1.37. The lowest BCUT2D eigenvalue weighted by atomic mass is 10.2. The molecule has 2 N–H and O–H groups in total. The highest BCUT2D eigenvalue weighted by molar-refractivity contribution is 9.10. The molecule has 1 aliphatic heterocycles. The molecule has 2 heterocycles. The molecule has 0 bridgehead atoms. The van der Waals surface area contributed by atoms with E-state index in [-0.39, 0.29) is 11.8 Å². The van der Waals surface area contributed by atoms with Crippen molar-refractivity contribution in [1.82, 2.24) is 20.3 Å². The first-order valence-corrected chi connectivity index (χ1v) is 10.3. The van der Waals surface area contributed by atoms with Gasteiger partial charge in [-0.2, -0.15) is 0 Å². The molecule has 1 aromatic heterocycles. The number of amides is 2. The van der Waals surface area contributed by atoms with Crippen molar-refractivity contribution in [3.8, 4) is 0 Å². The molecule has 2 amide bonds. The van der Waals surface area contributed by atoms with Crippen molar-refractivity contribution in [2.24, 2.45) is 0 Å². The Morgan fingerprint density at radius 1 is 1.07 bits per heavy atom. The normalized spacial score (nSPS) is 14.7. The van der Waals surface area contributed by atoms with Gasteiger partial charge in [-0.25, -0.2) is 0 Å². The molecule has 8 heteroatoms. The summed E-state index contributed by atoms with van der Waals surface area (Å²) in [5, 5.41) is 0. The van der Waals surface area contributed by atoms with E-state index in [1.807, 2.05) is 23.8 Å². The summed E-state index contributed by atoms with van der Waals surface area (Å²) in [7, 11) is 0. The minimum Gasteiger partial charge on any atom is -0.369 e. The van der Waals surface area contributed by atoms with E-state index in [4.69, 9.17) is 0 Å². The number of aromatic nitrogens is 1. The number of anilines is 1. The fourth-order valence-electron chi connectivity index (χ4n) is 3.31. The van der Waals surface area contributed by atoms with Crippen molar-refractivity contribution in [3.63, 3.8) is 0 Å². The van der Waals surface area contributed by atoms with E-state index in [9.17, 15) is 9.59 Å². The summed E-state index contributed by atoms with van der Waals surface area (Å²) in [6.45, 7) is 7.06. The van der Waals surface area contributed by atoms with Gasteiger partial charge in [0.2, 0.25) is 5.91 Å². The average Bonchev–Trinajstić information content (AvgIpc) is 3.12. The first-order chi connectivity index (χ1) is 13.6. The number of piperazine rings is 1. The number of nitrogens with one attached hydrogen (secondary N) is 2. The van der Waals surface area contributed by atoms with Gasteiger partial charge in [-0.05, 0) is 41.1 Å². The summed E-state index contributed by atoms with van der Waals surface area (Å²) >= 11 is 3.36. The highest BCUT2D eigenvalue weighted by Gasteiger charge is 2.18. The van der Waals surface area contributed by atoms with Crippen LogP contribution in [-0.4, -0.2) is 54.0 Å². The SMILES string of the molecule is CCn1cc(Br)cc1C(=O)NNC(=O)CCN1CCN(c2ccccc2)CC1. The van der Waals surface area contributed by atoms with E-state index in [0.29, 0.717) is 25.2 Å². The van der Waals surface area contributed by atoms with Crippen LogP contribution in [0.5, 0.6) is 0 Å². The van der Waals surface area contributed by atoms with Gasteiger partial charge in [-0.1, -0.05) is 18.2 Å². The Kier molecular flexibility index (Phi) is 7.11. The molecule has 1 saturated heterocycles. The Hall–Kier alpha value is -2.32. The standard InChI is InChI=1S/C20H26BrN5O2/c1-2-25-15-16(21)14-18(25)20(28)23-22-19(27)8-9-24-10-12-26(13-11-24)17-6-4-3-5-7-17/h3-7,14-15H,2,8-13H2,1H3,(H,22,27)(H,23,28). The number of hydrogen-bond donors (Lipinski definition) is 2. The average molecular weight is 448 g/mol. The van der Waals surface area contributed by atoms with Crippen molar-refractivity contribution >= 4 is 33.4 Å². The molecule has 0 radical (unpaired) electrons. The molecule has 7 nitrogen and oxygen atoms in total. The zero-order valence-corrected chi connectivity index (χ0v) is 17.6. The van der Waals surface area contributed by atoms with Crippen LogP contribution in [0.25, 0.3) is 0 Å². The molecule has 1 fully saturated rings. The minimum atomic E-state index is -0.322. The summed E-state index contributed by atoms with van der Waals surface area (Å²) in [5.41, 5.74) is 6.76. The van der Waals surface area contributed by atoms with Crippen LogP contribution < -0.4 is 15.8 Å². The summed E-state index contributed by atoms with van der Waals surface area (Å²) in [5.74, 6) is -0.509. The molecule has 3 rings (SSSR count). The molecule has 0 spiro atoms. The molecule has 1 aliphatic rings. The number of halogens is 1. The Morgan fingerprint density at radius 2 is 1.79 bits per heavy atom. The van der Waals surface area contributed by atoms with E-state index >= 15 is 0 Å². The molecule has 28 heavy (non-hydrogen) atoms. The number of hydrazine groups is 1. The third-order valence-corrected chi connectivity index (χ3v) is 5.33. The van der Waals surface area contributed by atoms with E-state index in [1.54, 1.807) is 6.07 Å². The third-order valence-electron chi connectivity index (χ3n) is 4.90. The Morgan fingerprint density at radius 3 is 2.46 bits per heavy atom. The van der Waals surface area contributed by atoms with Gasteiger partial charge < -0.3 is 9.47 Å². The molecule has 0 atom stereocenters. The summed E-state index contributed by atoms with van der Waals surface area (Å²) in [4.78, 5) is 29.0. The predicted molar refractivity (Wildman–Crippen MR) is 113 cm³/mol. The first-order valence-electron chi connectivity index (χ1n) is 9.54. The highest BCUT2D eigenvalue weighted by Crippen LogP contribution is 2.16. The van der Waals surface area contributed by atoms with Gasteiger partial charge in [0.05, 0.1) is 0 Å². The molecule has 0 aliphatic carbocycles. The van der Waals surface area contributed by atoms with Crippen LogP contribution in [0, 0.1) is 0 Å². The number of aryl methyl sites for hydroxylation is 1. The van der Waals surface area contributed by atoms with Crippen LogP contribution in [0.2, 0.25) is 0 Å². The number of benzene rings is 1. The van der Waals surface area contributed by atoms with Crippen LogP contribution in [0.3, 0.4) is 0 Å². The number of carbonyl (C=O) groups is 2. The maximum absolute atomic E-state index is 12.2. The van der Waals surface area contributed by atoms with Gasteiger partial charge >= 0.3 is 0 Å². The summed E-state index contributed by atoms with van der Waals surface area (Å²) < 4.78 is 2.65. The Bertz CT molecular complexity index is 800. The molecule has 0 saturated carbocycles. The fraction of sp³-hybridized carbons (Fsp3) is 0.400. The summed E-state index contributed by atoms with van der Waals surface area (Å²) in [6, 6.07) is 12.1. The lowest BCUT2D eigenvalue weighted by Gasteiger charge is -2.36. The van der Waals surface area contributed by atoms with Gasteiger partial charge in [0.1, 0.15) is 5.69 Å². The largest absolute Gasteiger partial charge is 0.369 e. The van der Waals surface area contributed by atoms with Crippen molar-refractivity contribution in [3.05, 3.63) is 52.8 Å². The second kappa shape index (κ2) is 9.75. The third kappa shape index (κ3) is 5.36. The molecule has 1 aromatic carbocycles. The van der Waals surface area contributed by atoms with Crippen molar-refractivity contribution < 1.29 is 9.59 Å². The van der Waals surface area contributed by atoms with Crippen molar-refractivity contribution in [2.45, 2.75) is 19.9 Å². The van der Waals surface area contributed by atoms with Gasteiger partial charge in [0.25, 0.3) is 5.91 Å². The van der Waals surface area contributed by atoms with Gasteiger partial charge in [-0.15, -0.1) is 0 Å². The number of para-hydroxylation sites is 1. The number of nitrogens with zero attached hydrogens (tertiary/aromatic N) is 3. The maximum atomic E-state index is 12.2. The topological polar surface area (TPSA) is 69.6 Å².